The van der Waals surface area contributed by atoms with Crippen LogP contribution in [0.1, 0.15) is 22.4 Å². The molecular formula is C17H14N6S. The van der Waals surface area contributed by atoms with Gasteiger partial charge >= 0.3 is 0 Å². The molecule has 0 saturated heterocycles. The molecule has 0 spiro atoms. The highest BCUT2D eigenvalue weighted by molar-refractivity contribution is 7.19. The van der Waals surface area contributed by atoms with E-state index < -0.39 is 0 Å². The average Bonchev–Trinajstić information content (AvgIpc) is 3.30. The van der Waals surface area contributed by atoms with Crippen molar-refractivity contribution in [3.05, 3.63) is 46.6 Å². The van der Waals surface area contributed by atoms with Crippen molar-refractivity contribution in [2.24, 2.45) is 0 Å². The van der Waals surface area contributed by atoms with Crippen LogP contribution in [0.2, 0.25) is 0 Å². The van der Waals surface area contributed by atoms with Gasteiger partial charge in [0.25, 0.3) is 0 Å². The molecule has 0 fully saturated rings. The largest absolute Gasteiger partial charge is 0.225 e. The van der Waals surface area contributed by atoms with Crippen molar-refractivity contribution in [2.75, 3.05) is 0 Å². The Hall–Kier alpha value is -2.67. The Morgan fingerprint density at radius 3 is 2.83 bits per heavy atom. The fraction of sp³-hybridized carbons (Fsp3) is 0.235. The summed E-state index contributed by atoms with van der Waals surface area (Å²) in [6.07, 6.45) is 4.99. The average molecular weight is 334 g/mol. The maximum absolute atomic E-state index is 4.54. The molecule has 1 aromatic carbocycles. The number of hydrogen-bond acceptors (Lipinski definition) is 6. The Morgan fingerprint density at radius 1 is 1.08 bits per heavy atom. The quantitative estimate of drug-likeness (QED) is 0.563. The number of aromatic nitrogens is 6. The van der Waals surface area contributed by atoms with E-state index >= 15 is 0 Å². The Morgan fingerprint density at radius 2 is 1.96 bits per heavy atom. The number of benzene rings is 1. The van der Waals surface area contributed by atoms with E-state index in [4.69, 9.17) is 0 Å². The molecule has 3 heterocycles. The number of nitrogens with zero attached hydrogens (tertiary/aromatic N) is 6. The van der Waals surface area contributed by atoms with Crippen molar-refractivity contribution in [1.29, 1.82) is 0 Å². The Bertz CT molecular complexity index is 1050. The summed E-state index contributed by atoms with van der Waals surface area (Å²) in [5.74, 6) is 1.33. The Labute approximate surface area is 142 Å². The third-order valence-electron chi connectivity index (χ3n) is 4.39. The summed E-state index contributed by atoms with van der Waals surface area (Å²) < 4.78 is 0. The molecule has 0 radical (unpaired) electrons. The minimum atomic E-state index is 0.605. The first-order valence-electron chi connectivity index (χ1n) is 7.92. The van der Waals surface area contributed by atoms with Crippen LogP contribution in [-0.4, -0.2) is 30.2 Å². The molecule has 1 aliphatic carbocycles. The zero-order valence-electron chi connectivity index (χ0n) is 13.1. The predicted octanol–water partition coefficient (Wildman–Crippen LogP) is 3.13. The topological polar surface area (TPSA) is 69.4 Å². The standard InChI is InChI=1S/C17H14N6S/c1-10-5-7-11(8-6-10)15-20-22-23(21-15)16-14-12-3-2-4-13(12)24-17(14)19-9-18-16/h5-9H,2-4H2,1H3. The normalized spacial score (nSPS) is 13.5. The molecule has 118 valence electrons. The van der Waals surface area contributed by atoms with Gasteiger partial charge in [-0.05, 0) is 37.0 Å². The van der Waals surface area contributed by atoms with Crippen LogP contribution in [0.15, 0.2) is 30.6 Å². The van der Waals surface area contributed by atoms with Gasteiger partial charge in [-0.25, -0.2) is 9.97 Å². The second-order valence-electron chi connectivity index (χ2n) is 6.00. The van der Waals surface area contributed by atoms with Crippen LogP contribution >= 0.6 is 11.3 Å². The van der Waals surface area contributed by atoms with Crippen molar-refractivity contribution in [2.45, 2.75) is 26.2 Å². The van der Waals surface area contributed by atoms with Crippen molar-refractivity contribution in [3.8, 4) is 17.2 Å². The molecule has 1 aliphatic rings. The van der Waals surface area contributed by atoms with Crippen LogP contribution in [0.5, 0.6) is 0 Å². The van der Waals surface area contributed by atoms with E-state index in [0.717, 1.165) is 34.4 Å². The minimum absolute atomic E-state index is 0.605. The molecule has 6 nitrogen and oxygen atoms in total. The van der Waals surface area contributed by atoms with Gasteiger partial charge in [-0.1, -0.05) is 29.8 Å². The van der Waals surface area contributed by atoms with E-state index in [1.165, 1.54) is 27.2 Å². The van der Waals surface area contributed by atoms with E-state index in [1.54, 1.807) is 17.7 Å². The molecular weight excluding hydrogens is 320 g/mol. The van der Waals surface area contributed by atoms with Gasteiger partial charge in [0.1, 0.15) is 11.2 Å². The molecule has 0 atom stereocenters. The first-order chi connectivity index (χ1) is 11.8. The molecule has 0 amide bonds. The monoisotopic (exact) mass is 334 g/mol. The summed E-state index contributed by atoms with van der Waals surface area (Å²) in [7, 11) is 0. The number of aryl methyl sites for hydroxylation is 3. The highest BCUT2D eigenvalue weighted by Gasteiger charge is 2.23. The fourth-order valence-corrected chi connectivity index (χ4v) is 4.41. The van der Waals surface area contributed by atoms with Gasteiger partial charge in [0.2, 0.25) is 5.82 Å². The van der Waals surface area contributed by atoms with Crippen LogP contribution in [0.4, 0.5) is 0 Å². The number of hydrogen-bond donors (Lipinski definition) is 0. The van der Waals surface area contributed by atoms with E-state index in [0.29, 0.717) is 5.82 Å². The highest BCUT2D eigenvalue weighted by atomic mass is 32.1. The van der Waals surface area contributed by atoms with Crippen LogP contribution < -0.4 is 0 Å². The lowest BCUT2D eigenvalue weighted by atomic mass is 10.1. The SMILES string of the molecule is Cc1ccc(-c2nnn(-c3ncnc4sc5c(c34)CCC5)n2)cc1. The van der Waals surface area contributed by atoms with Crippen LogP contribution in [0.25, 0.3) is 27.4 Å². The van der Waals surface area contributed by atoms with E-state index in [-0.39, 0.29) is 0 Å². The minimum Gasteiger partial charge on any atom is -0.225 e. The summed E-state index contributed by atoms with van der Waals surface area (Å²) in [5.41, 5.74) is 3.52. The van der Waals surface area contributed by atoms with Crippen molar-refractivity contribution < 1.29 is 0 Å². The zero-order valence-corrected chi connectivity index (χ0v) is 13.9. The molecule has 4 aromatic rings. The van der Waals surface area contributed by atoms with Crippen LogP contribution in [0, 0.1) is 6.92 Å². The maximum atomic E-state index is 4.54. The second kappa shape index (κ2) is 5.17. The summed E-state index contributed by atoms with van der Waals surface area (Å²) >= 11 is 1.76. The first-order valence-corrected chi connectivity index (χ1v) is 8.74. The fourth-order valence-electron chi connectivity index (χ4n) is 3.19. The third-order valence-corrected chi connectivity index (χ3v) is 5.59. The molecule has 5 rings (SSSR count). The van der Waals surface area contributed by atoms with Gasteiger partial charge in [0, 0.05) is 10.4 Å². The number of rotatable bonds is 2. The lowest BCUT2D eigenvalue weighted by Crippen LogP contribution is -2.03. The van der Waals surface area contributed by atoms with Gasteiger partial charge in [-0.2, -0.15) is 0 Å². The molecule has 0 N–H and O–H groups in total. The maximum Gasteiger partial charge on any atom is 0.205 e. The van der Waals surface area contributed by atoms with Crippen molar-refractivity contribution >= 4 is 21.6 Å². The number of tetrazole rings is 1. The Kier molecular flexibility index (Phi) is 2.96. The van der Waals surface area contributed by atoms with Gasteiger partial charge in [-0.15, -0.1) is 26.3 Å². The van der Waals surface area contributed by atoms with Crippen LogP contribution in [0.3, 0.4) is 0 Å². The van der Waals surface area contributed by atoms with Gasteiger partial charge in [-0.3, -0.25) is 0 Å². The Balaban J connectivity index is 1.65. The summed E-state index contributed by atoms with van der Waals surface area (Å²) in [5, 5.41) is 14.1. The van der Waals surface area contributed by atoms with E-state index in [1.807, 2.05) is 24.3 Å². The van der Waals surface area contributed by atoms with Crippen LogP contribution in [-0.2, 0) is 12.8 Å². The zero-order chi connectivity index (χ0) is 16.1. The summed E-state index contributed by atoms with van der Waals surface area (Å²) in [6.45, 7) is 2.06. The predicted molar refractivity (Wildman–Crippen MR) is 92.3 cm³/mol. The smallest absolute Gasteiger partial charge is 0.205 e. The molecule has 3 aromatic heterocycles. The lowest BCUT2D eigenvalue weighted by Gasteiger charge is -2.01. The molecule has 0 aliphatic heterocycles. The molecule has 7 heteroatoms. The molecule has 0 unspecified atom stereocenters. The van der Waals surface area contributed by atoms with Crippen molar-refractivity contribution in [3.63, 3.8) is 0 Å². The first kappa shape index (κ1) is 13.7. The molecule has 24 heavy (non-hydrogen) atoms. The number of fused-ring (bicyclic) bond motifs is 3. The van der Waals surface area contributed by atoms with E-state index in [9.17, 15) is 0 Å². The van der Waals surface area contributed by atoms with Gasteiger partial charge in [0.15, 0.2) is 5.82 Å². The highest BCUT2D eigenvalue weighted by Crippen LogP contribution is 2.38. The lowest BCUT2D eigenvalue weighted by molar-refractivity contribution is 0.704. The van der Waals surface area contributed by atoms with Crippen molar-refractivity contribution in [1.82, 2.24) is 30.2 Å². The van der Waals surface area contributed by atoms with E-state index in [2.05, 4.69) is 32.3 Å². The summed E-state index contributed by atoms with van der Waals surface area (Å²) in [4.78, 5) is 12.8. The molecule has 0 bridgehead atoms. The second-order valence-corrected chi connectivity index (χ2v) is 7.09. The number of thiophene rings is 1. The van der Waals surface area contributed by atoms with Gasteiger partial charge < -0.3 is 0 Å². The molecule has 0 saturated carbocycles. The summed E-state index contributed by atoms with van der Waals surface area (Å²) in [6, 6.07) is 8.11. The van der Waals surface area contributed by atoms with Gasteiger partial charge in [0.05, 0.1) is 5.39 Å². The third kappa shape index (κ3) is 2.05.